The standard InChI is InChI=1S/C21H26N2O3/c1-14(2)11-19(18-9-10-20(25)15(3)21(18)26)23-13-17(24)12-22-16-7-5-4-6-8-16/h4-10,14,22,25-26H,11-13H2,1-3H3. The van der Waals surface area contributed by atoms with Crippen LogP contribution in [0.5, 0.6) is 11.5 Å². The van der Waals surface area contributed by atoms with Crippen LogP contribution in [0.25, 0.3) is 0 Å². The minimum atomic E-state index is -0.0369. The zero-order valence-electron chi connectivity index (χ0n) is 15.5. The number of hydrogen-bond donors (Lipinski definition) is 3. The second-order valence-corrected chi connectivity index (χ2v) is 6.73. The van der Waals surface area contributed by atoms with Crippen molar-refractivity contribution in [3.05, 3.63) is 53.6 Å². The maximum absolute atomic E-state index is 12.2. The van der Waals surface area contributed by atoms with Gasteiger partial charge in [-0.2, -0.15) is 0 Å². The molecule has 0 aromatic heterocycles. The second kappa shape index (κ2) is 9.04. The molecule has 0 amide bonds. The number of phenolic OH excluding ortho intramolecular Hbond substituents is 2. The minimum absolute atomic E-state index is 0.0132. The van der Waals surface area contributed by atoms with Crippen molar-refractivity contribution in [1.29, 1.82) is 0 Å². The van der Waals surface area contributed by atoms with Gasteiger partial charge in [-0.1, -0.05) is 32.0 Å². The molecule has 5 nitrogen and oxygen atoms in total. The van der Waals surface area contributed by atoms with Gasteiger partial charge in [-0.25, -0.2) is 0 Å². The number of rotatable bonds is 8. The Morgan fingerprint density at radius 1 is 1.12 bits per heavy atom. The molecule has 26 heavy (non-hydrogen) atoms. The van der Waals surface area contributed by atoms with Crippen molar-refractivity contribution in [2.75, 3.05) is 18.4 Å². The van der Waals surface area contributed by atoms with E-state index >= 15 is 0 Å². The summed E-state index contributed by atoms with van der Waals surface area (Å²) in [6, 6.07) is 12.7. The van der Waals surface area contributed by atoms with E-state index in [1.807, 2.05) is 30.3 Å². The van der Waals surface area contributed by atoms with Gasteiger partial charge in [0.1, 0.15) is 11.5 Å². The summed E-state index contributed by atoms with van der Waals surface area (Å²) < 4.78 is 0. The first-order valence-corrected chi connectivity index (χ1v) is 8.74. The fraction of sp³-hybridized carbons (Fsp3) is 0.333. The number of para-hydroxylation sites is 1. The van der Waals surface area contributed by atoms with Gasteiger partial charge >= 0.3 is 0 Å². The average molecular weight is 354 g/mol. The number of phenols is 2. The van der Waals surface area contributed by atoms with Crippen LogP contribution in [0, 0.1) is 12.8 Å². The van der Waals surface area contributed by atoms with Crippen LogP contribution in [0.3, 0.4) is 0 Å². The number of nitrogens with one attached hydrogen (secondary N) is 1. The molecule has 0 fully saturated rings. The Labute approximate surface area is 154 Å². The first kappa shape index (κ1) is 19.5. The lowest BCUT2D eigenvalue weighted by atomic mass is 9.97. The molecule has 138 valence electrons. The van der Waals surface area contributed by atoms with E-state index in [4.69, 9.17) is 0 Å². The smallest absolute Gasteiger partial charge is 0.173 e. The van der Waals surface area contributed by atoms with Gasteiger partial charge in [0.15, 0.2) is 5.78 Å². The zero-order chi connectivity index (χ0) is 19.1. The van der Waals surface area contributed by atoms with Crippen LogP contribution in [0.15, 0.2) is 47.5 Å². The molecule has 0 radical (unpaired) electrons. The summed E-state index contributed by atoms with van der Waals surface area (Å²) in [5, 5.41) is 23.1. The molecule has 0 aliphatic carbocycles. The van der Waals surface area contributed by atoms with Gasteiger partial charge in [0.25, 0.3) is 0 Å². The van der Waals surface area contributed by atoms with E-state index in [9.17, 15) is 15.0 Å². The van der Waals surface area contributed by atoms with E-state index in [1.165, 1.54) is 0 Å². The van der Waals surface area contributed by atoms with Crippen LogP contribution in [-0.2, 0) is 4.79 Å². The van der Waals surface area contributed by atoms with Crippen molar-refractivity contribution in [1.82, 2.24) is 0 Å². The van der Waals surface area contributed by atoms with Gasteiger partial charge in [-0.3, -0.25) is 9.79 Å². The van der Waals surface area contributed by atoms with Crippen molar-refractivity contribution in [2.45, 2.75) is 27.2 Å². The molecule has 0 heterocycles. The molecule has 2 rings (SSSR count). The maximum Gasteiger partial charge on any atom is 0.173 e. The summed E-state index contributed by atoms with van der Waals surface area (Å²) >= 11 is 0. The number of hydrogen-bond acceptors (Lipinski definition) is 5. The van der Waals surface area contributed by atoms with E-state index < -0.39 is 0 Å². The predicted octanol–water partition coefficient (Wildman–Crippen LogP) is 3.92. The van der Waals surface area contributed by atoms with Crippen LogP contribution in [0.2, 0.25) is 0 Å². The Bertz CT molecular complexity index is 783. The summed E-state index contributed by atoms with van der Waals surface area (Å²) in [7, 11) is 0. The largest absolute Gasteiger partial charge is 0.508 e. The van der Waals surface area contributed by atoms with E-state index in [1.54, 1.807) is 19.1 Å². The third-order valence-electron chi connectivity index (χ3n) is 4.02. The van der Waals surface area contributed by atoms with E-state index in [0.29, 0.717) is 29.2 Å². The maximum atomic E-state index is 12.2. The summed E-state index contributed by atoms with van der Waals surface area (Å²) in [6.07, 6.45) is 0.636. The molecule has 0 atom stereocenters. The average Bonchev–Trinajstić information content (AvgIpc) is 2.62. The third kappa shape index (κ3) is 5.34. The van der Waals surface area contributed by atoms with Crippen molar-refractivity contribution in [3.8, 4) is 11.5 Å². The molecule has 3 N–H and O–H groups in total. The first-order chi connectivity index (χ1) is 12.4. The topological polar surface area (TPSA) is 81.9 Å². The molecule has 5 heteroatoms. The van der Waals surface area contributed by atoms with E-state index in [0.717, 1.165) is 5.69 Å². The Kier molecular flexibility index (Phi) is 6.78. The second-order valence-electron chi connectivity index (χ2n) is 6.73. The van der Waals surface area contributed by atoms with Gasteiger partial charge in [0.05, 0.1) is 13.1 Å². The molecule has 0 aliphatic rings. The van der Waals surface area contributed by atoms with Crippen LogP contribution in [-0.4, -0.2) is 34.8 Å². The molecule has 2 aromatic carbocycles. The quantitative estimate of drug-likeness (QED) is 0.628. The highest BCUT2D eigenvalue weighted by atomic mass is 16.3. The lowest BCUT2D eigenvalue weighted by Crippen LogP contribution is -2.18. The lowest BCUT2D eigenvalue weighted by Gasteiger charge is -2.13. The molecule has 0 saturated carbocycles. The molecule has 2 aromatic rings. The predicted molar refractivity (Wildman–Crippen MR) is 105 cm³/mol. The van der Waals surface area contributed by atoms with Gasteiger partial charge in [0, 0.05) is 22.5 Å². The van der Waals surface area contributed by atoms with Crippen LogP contribution < -0.4 is 5.32 Å². The highest BCUT2D eigenvalue weighted by Crippen LogP contribution is 2.31. The number of aliphatic imine (C=N–C) groups is 1. The number of anilines is 1. The third-order valence-corrected chi connectivity index (χ3v) is 4.02. The van der Waals surface area contributed by atoms with Crippen molar-refractivity contribution in [2.24, 2.45) is 10.9 Å². The number of aromatic hydroxyl groups is 2. The van der Waals surface area contributed by atoms with Crippen LogP contribution >= 0.6 is 0 Å². The Morgan fingerprint density at radius 3 is 2.46 bits per heavy atom. The normalized spacial score (nSPS) is 11.6. The lowest BCUT2D eigenvalue weighted by molar-refractivity contribution is -0.116. The molecule has 0 saturated heterocycles. The monoisotopic (exact) mass is 354 g/mol. The highest BCUT2D eigenvalue weighted by Gasteiger charge is 2.15. The van der Waals surface area contributed by atoms with Gasteiger partial charge < -0.3 is 15.5 Å². The van der Waals surface area contributed by atoms with Crippen molar-refractivity contribution in [3.63, 3.8) is 0 Å². The van der Waals surface area contributed by atoms with Crippen LogP contribution in [0.4, 0.5) is 5.69 Å². The van der Waals surface area contributed by atoms with Gasteiger partial charge in [0.2, 0.25) is 0 Å². The molecule has 0 spiro atoms. The molecule has 0 bridgehead atoms. The molecular formula is C21H26N2O3. The Morgan fingerprint density at radius 2 is 1.81 bits per heavy atom. The minimum Gasteiger partial charge on any atom is -0.508 e. The van der Waals surface area contributed by atoms with Crippen LogP contribution in [0.1, 0.15) is 31.4 Å². The SMILES string of the molecule is Cc1c(O)ccc(C(CC(C)C)=NCC(=O)CNc2ccccc2)c1O. The first-order valence-electron chi connectivity index (χ1n) is 8.74. The number of carbonyl (C=O) groups is 1. The van der Waals surface area contributed by atoms with Crippen molar-refractivity contribution >= 4 is 17.2 Å². The summed E-state index contributed by atoms with van der Waals surface area (Å²) in [4.78, 5) is 16.6. The fourth-order valence-corrected chi connectivity index (χ4v) is 2.56. The fourth-order valence-electron chi connectivity index (χ4n) is 2.56. The number of ketones is 1. The molecule has 0 unspecified atom stereocenters. The highest BCUT2D eigenvalue weighted by molar-refractivity contribution is 6.04. The summed E-state index contributed by atoms with van der Waals surface area (Å²) in [6.45, 7) is 6.00. The summed E-state index contributed by atoms with van der Waals surface area (Å²) in [5.41, 5.74) is 2.54. The number of Topliss-reactive ketones (excluding diaryl/α,β-unsaturated/α-hetero) is 1. The number of benzene rings is 2. The van der Waals surface area contributed by atoms with Gasteiger partial charge in [-0.15, -0.1) is 0 Å². The summed E-state index contributed by atoms with van der Waals surface area (Å²) in [5.74, 6) is 0.336. The van der Waals surface area contributed by atoms with E-state index in [-0.39, 0.29) is 30.4 Å². The zero-order valence-corrected chi connectivity index (χ0v) is 15.5. The van der Waals surface area contributed by atoms with E-state index in [2.05, 4.69) is 24.2 Å². The molecular weight excluding hydrogens is 328 g/mol. The Balaban J connectivity index is 2.11. The van der Waals surface area contributed by atoms with Crippen molar-refractivity contribution < 1.29 is 15.0 Å². The van der Waals surface area contributed by atoms with Gasteiger partial charge in [-0.05, 0) is 43.5 Å². The number of carbonyl (C=O) groups excluding carboxylic acids is 1. The molecule has 0 aliphatic heterocycles. The number of nitrogens with zero attached hydrogens (tertiary/aromatic N) is 1. The Hall–Kier alpha value is -2.82.